The number of rotatable bonds is 37. The van der Waals surface area contributed by atoms with E-state index in [-0.39, 0.29) is 18.3 Å². The van der Waals surface area contributed by atoms with Crippen LogP contribution in [-0.2, 0) is 36.1 Å². The lowest BCUT2D eigenvalue weighted by Gasteiger charge is -2.22. The molecule has 0 bridgehead atoms. The predicted molar refractivity (Wildman–Crippen MR) is 227 cm³/mol. The van der Waals surface area contributed by atoms with Gasteiger partial charge in [0.25, 0.3) is 5.56 Å². The smallest absolute Gasteiger partial charge is 0.344 e. The fraction of sp³-hybridized carbons (Fsp3) is 0.850. The van der Waals surface area contributed by atoms with Crippen molar-refractivity contribution in [2.45, 2.75) is 200 Å². The van der Waals surface area contributed by atoms with Crippen LogP contribution in [0.3, 0.4) is 0 Å². The molecule has 1 aliphatic rings. The summed E-state index contributed by atoms with van der Waals surface area (Å²) in [5.41, 5.74) is -0.973. The first-order chi connectivity index (χ1) is 27.3. The van der Waals surface area contributed by atoms with Crippen molar-refractivity contribution in [1.29, 1.82) is 0 Å². The van der Waals surface area contributed by atoms with Gasteiger partial charge in [0.15, 0.2) is 6.23 Å². The Bertz CT molecular complexity index is 1520. The second kappa shape index (κ2) is 30.0. The van der Waals surface area contributed by atoms with Crippen molar-refractivity contribution < 1.29 is 45.9 Å². The molecule has 5 atom stereocenters. The van der Waals surface area contributed by atoms with Gasteiger partial charge in [-0.3, -0.25) is 23.4 Å². The van der Waals surface area contributed by atoms with Crippen molar-refractivity contribution in [3.63, 3.8) is 0 Å². The highest BCUT2D eigenvalue weighted by molar-refractivity contribution is 7.68. The Morgan fingerprint density at radius 1 is 0.632 bits per heavy atom. The minimum Gasteiger partial charge on any atom is -0.344 e. The standard InChI is InChI=1S/C40H75N2O12P3/c1-4-6-8-10-12-14-16-17-18-19-20-21-23-25-27-29-33-55(45,50-32-28-26-24-22-15-13-11-9-7-5-2)53-57(48,49)54-56(46,47)51-35-37-30-31-38(52-37)42-34-36(3)39(43)41-40(42)44/h30-31,34,37-38H,4-29,32-33,35H2,1-3H3,(H,46,47)(H,48,49)(H,41,43,44)/t37-,38+,55?/m0/s1. The van der Waals surface area contributed by atoms with Crippen LogP contribution in [0.1, 0.15) is 193 Å². The molecule has 0 aliphatic carbocycles. The molecule has 3 unspecified atom stereocenters. The highest BCUT2D eigenvalue weighted by atomic mass is 31.3. The number of unbranched alkanes of at least 4 members (excludes halogenated alkanes) is 24. The zero-order valence-corrected chi connectivity index (χ0v) is 37.8. The molecule has 332 valence electrons. The van der Waals surface area contributed by atoms with Crippen molar-refractivity contribution in [2.24, 2.45) is 0 Å². The summed E-state index contributed by atoms with van der Waals surface area (Å²) in [7, 11) is -14.9. The van der Waals surface area contributed by atoms with Crippen LogP contribution in [0.15, 0.2) is 27.9 Å². The minimum atomic E-state index is -5.41. The number of hydrogen-bond acceptors (Lipinski definition) is 10. The summed E-state index contributed by atoms with van der Waals surface area (Å²) < 4.78 is 66.4. The Kier molecular flexibility index (Phi) is 27.3. The van der Waals surface area contributed by atoms with Gasteiger partial charge in [0, 0.05) is 11.8 Å². The Hall–Kier alpha value is -1.17. The summed E-state index contributed by atoms with van der Waals surface area (Å²) in [6.07, 6.45) is 31.7. The highest BCUT2D eigenvalue weighted by Gasteiger charge is 2.42. The van der Waals surface area contributed by atoms with Crippen molar-refractivity contribution in [1.82, 2.24) is 9.55 Å². The number of phosphoric acid groups is 2. The van der Waals surface area contributed by atoms with E-state index < -0.39 is 53.4 Å². The van der Waals surface area contributed by atoms with E-state index in [2.05, 4.69) is 23.1 Å². The monoisotopic (exact) mass is 868 g/mol. The minimum absolute atomic E-state index is 0.0460. The number of aryl methyl sites for hydroxylation is 1. The number of nitrogens with zero attached hydrogens (tertiary/aromatic N) is 1. The van der Waals surface area contributed by atoms with Gasteiger partial charge in [0.1, 0.15) is 6.10 Å². The van der Waals surface area contributed by atoms with Gasteiger partial charge in [0.05, 0.1) is 19.4 Å². The molecule has 2 rings (SSSR count). The second-order valence-corrected chi connectivity index (χ2v) is 20.8. The highest BCUT2D eigenvalue weighted by Crippen LogP contribution is 2.69. The number of nitrogens with one attached hydrogen (secondary N) is 1. The summed E-state index contributed by atoms with van der Waals surface area (Å²) in [5.74, 6) is 0. The maximum atomic E-state index is 13.8. The largest absolute Gasteiger partial charge is 0.488 e. The molecular weight excluding hydrogens is 793 g/mol. The summed E-state index contributed by atoms with van der Waals surface area (Å²) in [5, 5.41) is 0. The Morgan fingerprint density at radius 2 is 1.09 bits per heavy atom. The molecule has 2 heterocycles. The number of H-pyrrole nitrogens is 1. The van der Waals surface area contributed by atoms with E-state index in [1.54, 1.807) is 0 Å². The molecular formula is C40H75N2O12P3. The first-order valence-corrected chi connectivity index (χ1v) is 26.6. The third-order valence-corrected chi connectivity index (χ3v) is 15.5. The van der Waals surface area contributed by atoms with Gasteiger partial charge in [-0.2, -0.15) is 4.31 Å². The molecule has 0 aromatic carbocycles. The van der Waals surface area contributed by atoms with Crippen LogP contribution in [0, 0.1) is 6.92 Å². The molecule has 0 fully saturated rings. The molecule has 0 saturated carbocycles. The Balaban J connectivity index is 1.79. The summed E-state index contributed by atoms with van der Waals surface area (Å²) in [4.78, 5) is 46.9. The normalized spacial score (nSPS) is 18.8. The van der Waals surface area contributed by atoms with Crippen LogP contribution >= 0.6 is 23.2 Å². The quantitative estimate of drug-likeness (QED) is 0.0326. The van der Waals surface area contributed by atoms with Gasteiger partial charge >= 0.3 is 28.9 Å². The topological polar surface area (TPSA) is 193 Å². The van der Waals surface area contributed by atoms with Crippen LogP contribution < -0.4 is 11.2 Å². The lowest BCUT2D eigenvalue weighted by Crippen LogP contribution is -2.33. The molecule has 0 spiro atoms. The van der Waals surface area contributed by atoms with Crippen molar-refractivity contribution in [3.05, 3.63) is 44.8 Å². The second-order valence-electron chi connectivity index (χ2n) is 15.5. The van der Waals surface area contributed by atoms with E-state index in [0.717, 1.165) is 55.9 Å². The predicted octanol–water partition coefficient (Wildman–Crippen LogP) is 11.9. The number of ether oxygens (including phenoxy) is 1. The number of aromatic nitrogens is 2. The van der Waals surface area contributed by atoms with Crippen molar-refractivity contribution in [3.8, 4) is 0 Å². The summed E-state index contributed by atoms with van der Waals surface area (Å²) in [6, 6.07) is 0. The van der Waals surface area contributed by atoms with Crippen molar-refractivity contribution in [2.75, 3.05) is 19.4 Å². The molecule has 1 aliphatic heterocycles. The van der Waals surface area contributed by atoms with Crippen LogP contribution in [0.5, 0.6) is 0 Å². The van der Waals surface area contributed by atoms with Gasteiger partial charge < -0.3 is 19.0 Å². The maximum Gasteiger partial charge on any atom is 0.488 e. The molecule has 0 saturated heterocycles. The third-order valence-electron chi connectivity index (χ3n) is 10.1. The van der Waals surface area contributed by atoms with E-state index in [4.69, 9.17) is 18.1 Å². The average molecular weight is 869 g/mol. The fourth-order valence-electron chi connectivity index (χ4n) is 6.79. The zero-order valence-electron chi connectivity index (χ0n) is 35.2. The van der Waals surface area contributed by atoms with Crippen LogP contribution in [0.25, 0.3) is 0 Å². The lowest BCUT2D eigenvalue weighted by molar-refractivity contribution is -0.0104. The van der Waals surface area contributed by atoms with Gasteiger partial charge in [-0.1, -0.05) is 174 Å². The van der Waals surface area contributed by atoms with E-state index in [1.807, 2.05) is 0 Å². The molecule has 57 heavy (non-hydrogen) atoms. The number of phosphoric ester groups is 1. The first-order valence-electron chi connectivity index (χ1n) is 21.9. The lowest BCUT2D eigenvalue weighted by atomic mass is 10.0. The SMILES string of the molecule is CCCCCCCCCCCCCCCCCCP(=O)(OCCCCCCCCCCCC)OP(=O)(O)OP(=O)(O)OC[C@@H]1C=C[C@H](n2cc(C)c(=O)[nH]c2=O)O1. The van der Waals surface area contributed by atoms with Crippen LogP contribution in [0.4, 0.5) is 0 Å². The number of hydrogen-bond donors (Lipinski definition) is 3. The van der Waals surface area contributed by atoms with E-state index in [9.17, 15) is 33.1 Å². The van der Waals surface area contributed by atoms with Gasteiger partial charge in [-0.05, 0) is 25.8 Å². The van der Waals surface area contributed by atoms with Gasteiger partial charge in [0.2, 0.25) is 0 Å². The molecule has 0 amide bonds. The van der Waals surface area contributed by atoms with Gasteiger partial charge in [-0.15, -0.1) is 0 Å². The molecule has 17 heteroatoms. The van der Waals surface area contributed by atoms with Crippen LogP contribution in [-0.4, -0.2) is 44.8 Å². The van der Waals surface area contributed by atoms with Crippen molar-refractivity contribution >= 4 is 23.2 Å². The summed E-state index contributed by atoms with van der Waals surface area (Å²) >= 11 is 0. The average Bonchev–Trinajstić information content (AvgIpc) is 3.62. The first kappa shape index (κ1) is 52.0. The van der Waals surface area contributed by atoms with Gasteiger partial charge in [-0.25, -0.2) is 18.2 Å². The fourth-order valence-corrected chi connectivity index (χ4v) is 11.7. The Labute approximate surface area is 342 Å². The molecule has 1 aromatic heterocycles. The van der Waals surface area contributed by atoms with E-state index in [0.29, 0.717) is 12.8 Å². The molecule has 14 nitrogen and oxygen atoms in total. The van der Waals surface area contributed by atoms with E-state index in [1.165, 1.54) is 128 Å². The third kappa shape index (κ3) is 24.6. The maximum absolute atomic E-state index is 13.8. The molecule has 3 N–H and O–H groups in total. The Morgan fingerprint density at radius 3 is 1.58 bits per heavy atom. The zero-order chi connectivity index (χ0) is 41.8. The molecule has 1 aromatic rings. The van der Waals surface area contributed by atoms with E-state index >= 15 is 0 Å². The number of aromatic amines is 1. The molecule has 0 radical (unpaired) electrons. The summed E-state index contributed by atoms with van der Waals surface area (Å²) in [6.45, 7) is 5.42. The van der Waals surface area contributed by atoms with Crippen LogP contribution in [0.2, 0.25) is 0 Å².